The number of hydrogen-bond donors (Lipinski definition) is 2. The van der Waals surface area contributed by atoms with E-state index in [1.165, 1.54) is 0 Å². The minimum absolute atomic E-state index is 0.388. The van der Waals surface area contributed by atoms with Crippen LogP contribution in [0.5, 0.6) is 0 Å². The maximum atomic E-state index is 11.7. The molecule has 0 spiro atoms. The summed E-state index contributed by atoms with van der Waals surface area (Å²) in [4.78, 5) is 11.7. The molecule has 1 unspecified atom stereocenters. The summed E-state index contributed by atoms with van der Waals surface area (Å²) in [6.45, 7) is 14.1. The lowest BCUT2D eigenvalue weighted by atomic mass is 10.2. The molecule has 0 fully saturated rings. The number of ether oxygens (including phenoxy) is 1. The van der Waals surface area contributed by atoms with E-state index in [1.807, 2.05) is 20.8 Å². The third kappa shape index (κ3) is 15.9. The second-order valence-corrected chi connectivity index (χ2v) is 12.2. The molecular weight excluding hydrogens is 476 g/mol. The summed E-state index contributed by atoms with van der Waals surface area (Å²) in [5, 5.41) is 6.41. The molecule has 0 aromatic rings. The van der Waals surface area contributed by atoms with Crippen LogP contribution in [0, 0.1) is 5.92 Å². The monoisotopic (exact) mass is 515 g/mol. The predicted molar refractivity (Wildman–Crippen MR) is 127 cm³/mol. The molecule has 0 aliphatic heterocycles. The number of hydrogen-bond acceptors (Lipinski definition) is 11. The summed E-state index contributed by atoms with van der Waals surface area (Å²) in [6.07, 6.45) is 0.828. The molecule has 0 aromatic carbocycles. The Morgan fingerprint density at radius 2 is 1.66 bits per heavy atom. The van der Waals surface area contributed by atoms with E-state index in [1.54, 1.807) is 18.7 Å². The second-order valence-electron chi connectivity index (χ2n) is 6.82. The van der Waals surface area contributed by atoms with E-state index in [0.717, 1.165) is 18.2 Å². The minimum atomic E-state index is -4.37. The fraction of sp³-hybridized carbons (Fsp3) is 0.842. The first-order valence-electron chi connectivity index (χ1n) is 10.9. The summed E-state index contributed by atoms with van der Waals surface area (Å²) in [5.74, 6) is 0.399. The van der Waals surface area contributed by atoms with Crippen LogP contribution < -0.4 is 10.6 Å². The number of esters is 1. The Labute approximate surface area is 198 Å². The predicted octanol–water partition coefficient (Wildman–Crippen LogP) is 1.53. The normalized spacial score (nSPS) is 12.9. The van der Waals surface area contributed by atoms with Crippen LogP contribution in [-0.2, 0) is 32.9 Å². The second kappa shape index (κ2) is 17.6. The van der Waals surface area contributed by atoms with Gasteiger partial charge >= 0.3 is 14.8 Å². The van der Waals surface area contributed by atoms with Crippen molar-refractivity contribution in [2.75, 3.05) is 56.8 Å². The van der Waals surface area contributed by atoms with Crippen LogP contribution in [0.4, 0.5) is 0 Å². The van der Waals surface area contributed by atoms with Gasteiger partial charge in [0.25, 0.3) is 0 Å². The molecule has 0 aliphatic rings. The Morgan fingerprint density at radius 3 is 2.19 bits per heavy atom. The quantitative estimate of drug-likeness (QED) is 0.0997. The molecule has 2 N–H and O–H groups in total. The fourth-order valence-corrected chi connectivity index (χ4v) is 6.40. The third-order valence-corrected chi connectivity index (χ3v) is 9.07. The van der Waals surface area contributed by atoms with Crippen molar-refractivity contribution in [3.63, 3.8) is 0 Å². The highest BCUT2D eigenvalue weighted by Gasteiger charge is 2.39. The van der Waals surface area contributed by atoms with Crippen molar-refractivity contribution in [1.29, 1.82) is 0 Å². The largest absolute Gasteiger partial charge is 0.748 e. The van der Waals surface area contributed by atoms with Gasteiger partial charge in [-0.15, -0.1) is 0 Å². The van der Waals surface area contributed by atoms with E-state index in [9.17, 15) is 17.8 Å². The SMILES string of the molecule is C=C(NCCC[Si](OCC)(OCC)OCC)NCCSCC(C)C(=O)OCCS(=O)(=O)[O-]. The van der Waals surface area contributed by atoms with Gasteiger partial charge in [-0.05, 0) is 27.2 Å². The zero-order valence-electron chi connectivity index (χ0n) is 19.6. The smallest absolute Gasteiger partial charge is 0.500 e. The lowest BCUT2D eigenvalue weighted by Gasteiger charge is -2.28. The first-order valence-corrected chi connectivity index (χ1v) is 15.5. The zero-order chi connectivity index (χ0) is 24.5. The molecule has 0 aromatic heterocycles. The summed E-state index contributed by atoms with van der Waals surface area (Å²) in [6, 6.07) is 0.730. The molecule has 0 saturated heterocycles. The van der Waals surface area contributed by atoms with E-state index in [0.29, 0.717) is 44.5 Å². The van der Waals surface area contributed by atoms with E-state index >= 15 is 0 Å². The van der Waals surface area contributed by atoms with Gasteiger partial charge in [0.2, 0.25) is 0 Å². The van der Waals surface area contributed by atoms with Crippen molar-refractivity contribution in [3.05, 3.63) is 12.4 Å². The average Bonchev–Trinajstić information content (AvgIpc) is 2.70. The van der Waals surface area contributed by atoms with E-state index < -0.39 is 37.3 Å². The van der Waals surface area contributed by atoms with Gasteiger partial charge in [-0.2, -0.15) is 11.8 Å². The molecule has 10 nitrogen and oxygen atoms in total. The van der Waals surface area contributed by atoms with Crippen molar-refractivity contribution in [1.82, 2.24) is 10.6 Å². The number of carbonyl (C=O) groups is 1. The average molecular weight is 516 g/mol. The number of nitrogens with one attached hydrogen (secondary N) is 2. The van der Waals surface area contributed by atoms with Crippen LogP contribution in [0.3, 0.4) is 0 Å². The first kappa shape index (κ1) is 31.2. The van der Waals surface area contributed by atoms with Crippen LogP contribution in [0.1, 0.15) is 34.1 Å². The maximum Gasteiger partial charge on any atom is 0.500 e. The third-order valence-electron chi connectivity index (χ3n) is 4.02. The van der Waals surface area contributed by atoms with Gasteiger partial charge in [0.05, 0.1) is 27.6 Å². The van der Waals surface area contributed by atoms with Crippen molar-refractivity contribution in [3.8, 4) is 0 Å². The van der Waals surface area contributed by atoms with Gasteiger partial charge in [0.15, 0.2) is 0 Å². The van der Waals surface area contributed by atoms with Crippen molar-refractivity contribution in [2.45, 2.75) is 40.2 Å². The molecular formula is C19H39N2O8S2Si-. The number of carbonyl (C=O) groups excluding carboxylic acids is 1. The molecule has 13 heteroatoms. The van der Waals surface area contributed by atoms with E-state index in [2.05, 4.69) is 17.2 Å². The molecule has 190 valence electrons. The van der Waals surface area contributed by atoms with Gasteiger partial charge in [0.1, 0.15) is 6.61 Å². The van der Waals surface area contributed by atoms with Crippen molar-refractivity contribution < 1.29 is 35.8 Å². The van der Waals surface area contributed by atoms with Crippen LogP contribution >= 0.6 is 11.8 Å². The highest BCUT2D eigenvalue weighted by molar-refractivity contribution is 7.99. The highest BCUT2D eigenvalue weighted by atomic mass is 32.2. The Balaban J connectivity index is 3.96. The molecule has 0 radical (unpaired) electrons. The lowest BCUT2D eigenvalue weighted by molar-refractivity contribution is -0.146. The van der Waals surface area contributed by atoms with Gasteiger partial charge in [-0.3, -0.25) is 4.79 Å². The molecule has 0 amide bonds. The van der Waals surface area contributed by atoms with Crippen LogP contribution in [0.2, 0.25) is 6.04 Å². The first-order chi connectivity index (χ1) is 15.1. The van der Waals surface area contributed by atoms with Gasteiger partial charge in [-0.25, -0.2) is 8.42 Å². The molecule has 0 heterocycles. The summed E-state index contributed by atoms with van der Waals surface area (Å²) < 4.78 is 53.8. The van der Waals surface area contributed by atoms with Crippen LogP contribution in [0.25, 0.3) is 0 Å². The summed E-state index contributed by atoms with van der Waals surface area (Å²) >= 11 is 1.56. The topological polar surface area (TPSA) is 135 Å². The standard InChI is InChI=1S/C19H40N2O8S2Si/c1-6-27-32(28-7-2,29-8-3)15-9-10-20-18(5)21-11-13-30-16-17(4)19(22)26-12-14-31(23,24)25/h17,20-21H,5-16H2,1-4H3,(H,23,24,25)/p-1. The van der Waals surface area contributed by atoms with Gasteiger partial charge in [0, 0.05) is 50.5 Å². The van der Waals surface area contributed by atoms with Gasteiger partial charge < -0.3 is 33.2 Å². The van der Waals surface area contributed by atoms with Crippen LogP contribution in [0.15, 0.2) is 12.4 Å². The van der Waals surface area contributed by atoms with Crippen molar-refractivity contribution in [2.24, 2.45) is 5.92 Å². The summed E-state index contributed by atoms with van der Waals surface area (Å²) in [5.41, 5.74) is 0. The molecule has 32 heavy (non-hydrogen) atoms. The van der Waals surface area contributed by atoms with Crippen molar-refractivity contribution >= 4 is 36.7 Å². The lowest BCUT2D eigenvalue weighted by Crippen LogP contribution is -2.46. The Bertz CT molecular complexity index is 620. The minimum Gasteiger partial charge on any atom is -0.748 e. The Hall–Kier alpha value is -0.833. The van der Waals surface area contributed by atoms with Gasteiger partial charge in [-0.1, -0.05) is 13.5 Å². The molecule has 0 aliphatic carbocycles. The maximum absolute atomic E-state index is 11.7. The molecule has 0 bridgehead atoms. The Kier molecular flexibility index (Phi) is 17.2. The number of thioether (sulfide) groups is 1. The highest BCUT2D eigenvalue weighted by Crippen LogP contribution is 2.17. The van der Waals surface area contributed by atoms with Crippen LogP contribution in [-0.4, -0.2) is 84.5 Å². The molecule has 1 atom stereocenters. The van der Waals surface area contributed by atoms with E-state index in [-0.39, 0.29) is 5.92 Å². The zero-order valence-corrected chi connectivity index (χ0v) is 22.3. The van der Waals surface area contributed by atoms with E-state index in [4.69, 9.17) is 18.0 Å². The summed E-state index contributed by atoms with van der Waals surface area (Å²) in [7, 11) is -6.99. The fourth-order valence-electron chi connectivity index (χ4n) is 2.60. The number of rotatable bonds is 21. The molecule has 0 saturated carbocycles. The Morgan fingerprint density at radius 1 is 1.09 bits per heavy atom. The molecule has 0 rings (SSSR count).